The lowest BCUT2D eigenvalue weighted by Crippen LogP contribution is -2.50. The lowest BCUT2D eigenvalue weighted by atomic mass is 10.1. The minimum absolute atomic E-state index is 0.360. The van der Waals surface area contributed by atoms with Crippen LogP contribution in [-0.4, -0.2) is 53.4 Å². The smallest absolute Gasteiger partial charge is 0.131 e. The Kier molecular flexibility index (Phi) is 4.86. The third-order valence-corrected chi connectivity index (χ3v) is 3.77. The topological polar surface area (TPSA) is 46.9 Å². The van der Waals surface area contributed by atoms with Gasteiger partial charge in [-0.1, -0.05) is 6.07 Å². The van der Waals surface area contributed by atoms with Crippen LogP contribution in [-0.2, 0) is 0 Å². The van der Waals surface area contributed by atoms with Gasteiger partial charge in [-0.2, -0.15) is 0 Å². The predicted molar refractivity (Wildman–Crippen MR) is 82.0 cm³/mol. The number of benzene rings is 1. The summed E-state index contributed by atoms with van der Waals surface area (Å²) in [6, 6.07) is 4.92. The molecule has 118 valence electrons. The summed E-state index contributed by atoms with van der Waals surface area (Å²) in [6.07, 6.45) is -0.824. The maximum atomic E-state index is 13.9. The van der Waals surface area contributed by atoms with Crippen molar-refractivity contribution < 1.29 is 14.6 Å². The quantitative estimate of drug-likeness (QED) is 0.889. The van der Waals surface area contributed by atoms with Gasteiger partial charge < -0.3 is 15.1 Å². The fourth-order valence-electron chi connectivity index (χ4n) is 2.91. The minimum atomic E-state index is -0.824. The number of aliphatic hydroxyl groups is 2. The third-order valence-electron chi connectivity index (χ3n) is 3.77. The van der Waals surface area contributed by atoms with Gasteiger partial charge in [0.15, 0.2) is 0 Å². The molecule has 0 aromatic heterocycles. The van der Waals surface area contributed by atoms with Gasteiger partial charge in [-0.05, 0) is 32.9 Å². The molecule has 4 nitrogen and oxygen atoms in total. The van der Waals surface area contributed by atoms with Crippen LogP contribution in [0.3, 0.4) is 0 Å². The monoisotopic (exact) mass is 296 g/mol. The van der Waals surface area contributed by atoms with Gasteiger partial charge in [-0.3, -0.25) is 4.90 Å². The van der Waals surface area contributed by atoms with Gasteiger partial charge in [0.2, 0.25) is 0 Å². The Morgan fingerprint density at radius 3 is 2.38 bits per heavy atom. The highest BCUT2D eigenvalue weighted by atomic mass is 19.1. The molecule has 1 heterocycles. The summed E-state index contributed by atoms with van der Waals surface area (Å²) < 4.78 is 13.9. The van der Waals surface area contributed by atoms with Crippen molar-refractivity contribution >= 4 is 5.69 Å². The van der Waals surface area contributed by atoms with E-state index in [1.807, 2.05) is 6.07 Å². The zero-order valence-electron chi connectivity index (χ0n) is 13.0. The van der Waals surface area contributed by atoms with Crippen molar-refractivity contribution in [3.8, 4) is 0 Å². The Balaban J connectivity index is 2.08. The number of hydrogen-bond donors (Lipinski definition) is 2. The minimum Gasteiger partial charge on any atom is -0.389 e. The summed E-state index contributed by atoms with van der Waals surface area (Å²) in [5.41, 5.74) is 0.438. The van der Waals surface area contributed by atoms with Crippen molar-refractivity contribution in [1.82, 2.24) is 4.90 Å². The van der Waals surface area contributed by atoms with Gasteiger partial charge in [-0.25, -0.2) is 4.39 Å². The second-order valence-electron chi connectivity index (χ2n) is 6.42. The Morgan fingerprint density at radius 2 is 1.86 bits per heavy atom. The third kappa shape index (κ3) is 4.15. The number of aliphatic hydroxyl groups excluding tert-OH is 1. The van der Waals surface area contributed by atoms with Gasteiger partial charge in [-0.15, -0.1) is 0 Å². The Bertz CT molecular complexity index is 478. The first-order valence-electron chi connectivity index (χ1n) is 7.44. The second kappa shape index (κ2) is 6.30. The molecule has 1 saturated heterocycles. The maximum Gasteiger partial charge on any atom is 0.131 e. The normalized spacial score (nSPS) is 18.9. The van der Waals surface area contributed by atoms with Crippen molar-refractivity contribution in [2.75, 3.05) is 37.6 Å². The van der Waals surface area contributed by atoms with E-state index >= 15 is 0 Å². The molecule has 1 atom stereocenters. The van der Waals surface area contributed by atoms with Crippen molar-refractivity contribution in [2.45, 2.75) is 32.5 Å². The standard InChI is InChI=1S/C16H25FN2O2/c1-12(20)15-13(17)5-4-6-14(15)19-9-7-18(8-10-19)11-16(2,3)21/h4-6,12,20-21H,7-11H2,1-3H3/t12-/m0/s1. The zero-order valence-corrected chi connectivity index (χ0v) is 13.0. The van der Waals surface area contributed by atoms with E-state index in [4.69, 9.17) is 0 Å². The van der Waals surface area contributed by atoms with Gasteiger partial charge in [0.1, 0.15) is 5.82 Å². The number of hydrogen-bond acceptors (Lipinski definition) is 4. The highest BCUT2D eigenvalue weighted by Gasteiger charge is 2.25. The molecule has 0 bridgehead atoms. The first-order chi connectivity index (χ1) is 9.78. The Morgan fingerprint density at radius 1 is 1.24 bits per heavy atom. The number of nitrogens with zero attached hydrogens (tertiary/aromatic N) is 2. The van der Waals surface area contributed by atoms with Gasteiger partial charge in [0, 0.05) is 44.0 Å². The molecule has 5 heteroatoms. The van der Waals surface area contributed by atoms with Crippen molar-refractivity contribution in [3.63, 3.8) is 0 Å². The Labute approximate surface area is 125 Å². The molecule has 21 heavy (non-hydrogen) atoms. The lowest BCUT2D eigenvalue weighted by molar-refractivity contribution is 0.0345. The van der Waals surface area contributed by atoms with Crippen LogP contribution in [0.15, 0.2) is 18.2 Å². The van der Waals surface area contributed by atoms with E-state index in [9.17, 15) is 14.6 Å². The van der Waals surface area contributed by atoms with Crippen LogP contribution in [0, 0.1) is 5.82 Å². The molecular formula is C16H25FN2O2. The molecule has 2 N–H and O–H groups in total. The fraction of sp³-hybridized carbons (Fsp3) is 0.625. The molecule has 0 aliphatic carbocycles. The molecular weight excluding hydrogens is 271 g/mol. The molecule has 1 aromatic rings. The van der Waals surface area contributed by atoms with Crippen LogP contribution in [0.25, 0.3) is 0 Å². The summed E-state index contributed by atoms with van der Waals surface area (Å²) in [4.78, 5) is 4.31. The molecule has 0 spiro atoms. The Hall–Kier alpha value is -1.17. The molecule has 2 rings (SSSR count). The fourth-order valence-corrected chi connectivity index (χ4v) is 2.91. The second-order valence-corrected chi connectivity index (χ2v) is 6.42. The molecule has 0 radical (unpaired) electrons. The number of rotatable bonds is 4. The number of halogens is 1. The van der Waals surface area contributed by atoms with Gasteiger partial charge in [0.25, 0.3) is 0 Å². The van der Waals surface area contributed by atoms with Gasteiger partial charge in [0.05, 0.1) is 11.7 Å². The first kappa shape index (κ1) is 16.2. The summed E-state index contributed by atoms with van der Waals surface area (Å²) in [6.45, 7) is 8.99. The SMILES string of the molecule is C[C@H](O)c1c(F)cccc1N1CCN(CC(C)(C)O)CC1. The molecule has 0 unspecified atom stereocenters. The van der Waals surface area contributed by atoms with Crippen molar-refractivity contribution in [1.29, 1.82) is 0 Å². The molecule has 1 aliphatic heterocycles. The summed E-state index contributed by atoms with van der Waals surface area (Å²) in [7, 11) is 0. The molecule has 0 saturated carbocycles. The van der Waals surface area contributed by atoms with Crippen molar-refractivity contribution in [2.24, 2.45) is 0 Å². The van der Waals surface area contributed by atoms with Crippen LogP contribution in [0.1, 0.15) is 32.4 Å². The summed E-state index contributed by atoms with van der Waals surface area (Å²) >= 11 is 0. The molecule has 0 amide bonds. The van der Waals surface area contributed by atoms with E-state index < -0.39 is 11.7 Å². The van der Waals surface area contributed by atoms with E-state index in [1.54, 1.807) is 26.8 Å². The number of anilines is 1. The van der Waals surface area contributed by atoms with Crippen LogP contribution in [0.5, 0.6) is 0 Å². The predicted octanol–water partition coefficient (Wildman–Crippen LogP) is 1.77. The van der Waals surface area contributed by atoms with Crippen LogP contribution in [0.4, 0.5) is 10.1 Å². The summed E-state index contributed by atoms with van der Waals surface area (Å²) in [5, 5.41) is 19.7. The van der Waals surface area contributed by atoms with Crippen LogP contribution in [0.2, 0.25) is 0 Å². The molecule has 1 aromatic carbocycles. The number of β-amino-alcohol motifs (C(OH)–C–C–N with tert-alkyl or cyclic N) is 1. The molecule has 1 aliphatic rings. The maximum absolute atomic E-state index is 13.9. The van der Waals surface area contributed by atoms with E-state index in [1.165, 1.54) is 6.07 Å². The zero-order chi connectivity index (χ0) is 15.6. The molecule has 1 fully saturated rings. The van der Waals surface area contributed by atoms with Gasteiger partial charge >= 0.3 is 0 Å². The average Bonchev–Trinajstić information content (AvgIpc) is 2.37. The lowest BCUT2D eigenvalue weighted by Gasteiger charge is -2.39. The van der Waals surface area contributed by atoms with E-state index in [0.717, 1.165) is 31.9 Å². The summed E-state index contributed by atoms with van der Waals surface area (Å²) in [5.74, 6) is -0.360. The first-order valence-corrected chi connectivity index (χ1v) is 7.44. The van der Waals surface area contributed by atoms with Crippen LogP contribution < -0.4 is 4.90 Å². The van der Waals surface area contributed by atoms with E-state index in [-0.39, 0.29) is 5.82 Å². The largest absolute Gasteiger partial charge is 0.389 e. The van der Waals surface area contributed by atoms with Crippen LogP contribution >= 0.6 is 0 Å². The highest BCUT2D eigenvalue weighted by Crippen LogP contribution is 2.29. The average molecular weight is 296 g/mol. The van der Waals surface area contributed by atoms with Crippen molar-refractivity contribution in [3.05, 3.63) is 29.6 Å². The number of piperazine rings is 1. The van der Waals surface area contributed by atoms with E-state index in [0.29, 0.717) is 12.1 Å². The van der Waals surface area contributed by atoms with E-state index in [2.05, 4.69) is 9.80 Å². The highest BCUT2D eigenvalue weighted by molar-refractivity contribution is 5.55.